The van der Waals surface area contributed by atoms with Crippen LogP contribution in [0.25, 0.3) is 32.1 Å². The Balaban J connectivity index is 0.000000165. The van der Waals surface area contributed by atoms with Crippen molar-refractivity contribution in [3.05, 3.63) is 120 Å². The van der Waals surface area contributed by atoms with Crippen molar-refractivity contribution in [2.45, 2.75) is 149 Å². The molecule has 4 aliphatic heterocycles. The number of ether oxygens (including phenoxy) is 2. The zero-order valence-electron chi connectivity index (χ0n) is 40.3. The first-order chi connectivity index (χ1) is 32.4. The Morgan fingerprint density at radius 1 is 0.806 bits per heavy atom. The van der Waals surface area contributed by atoms with Gasteiger partial charge in [0, 0.05) is 79.0 Å². The molecule has 3 unspecified atom stereocenters. The second-order valence-corrected chi connectivity index (χ2v) is 22.5. The standard InChI is InChI=1S/C28H33NOS2.C26H30N2OS.C3H6O2/c1-3-20(2)30-23-8-6-9-24(17-23)32-25-12-13-28-26(18-25)27(19-31-28)21-10-11-22-7-4-5-15-29(22)16-14-21;1-26(2,3)29-24-8-4-5-9-25(24)30-20-10-11-23-21(16-20)22(17-27-23)18-12-14-28-13-6-7-19(28)15-18;1-2-3(4)5/h6,8-9,12-14,17-20,22H,3-5,7,10-11,15-16H2,1-2H3;4-5,8-12,16-17,19,27H,6-7,13-15H2,1-3H3;2H2,1H3,(H,4,5). The second kappa shape index (κ2) is 22.8. The smallest absolute Gasteiger partial charge is 0.303 e. The molecule has 2 N–H and O–H groups in total. The van der Waals surface area contributed by atoms with E-state index >= 15 is 0 Å². The number of fused-ring (bicyclic) bond motifs is 4. The van der Waals surface area contributed by atoms with E-state index in [9.17, 15) is 4.79 Å². The molecule has 7 nitrogen and oxygen atoms in total. The maximum absolute atomic E-state index is 9.37. The second-order valence-electron chi connectivity index (χ2n) is 19.3. The summed E-state index contributed by atoms with van der Waals surface area (Å²) in [5, 5.41) is 12.8. The lowest BCUT2D eigenvalue weighted by molar-refractivity contribution is -0.136. The van der Waals surface area contributed by atoms with Crippen LogP contribution < -0.4 is 9.47 Å². The number of thiophene rings is 1. The molecule has 6 heterocycles. The highest BCUT2D eigenvalue weighted by atomic mass is 32.2. The van der Waals surface area contributed by atoms with Crippen molar-refractivity contribution in [2.24, 2.45) is 0 Å². The molecule has 10 rings (SSSR count). The Bertz CT molecular complexity index is 2680. The van der Waals surface area contributed by atoms with Crippen molar-refractivity contribution in [3.63, 3.8) is 0 Å². The summed E-state index contributed by atoms with van der Waals surface area (Å²) in [5.41, 5.74) is 6.89. The average molecular weight is 956 g/mol. The van der Waals surface area contributed by atoms with Gasteiger partial charge in [0.25, 0.3) is 0 Å². The zero-order valence-corrected chi connectivity index (χ0v) is 42.8. The Morgan fingerprint density at radius 2 is 1.52 bits per heavy atom. The van der Waals surface area contributed by atoms with Crippen LogP contribution >= 0.6 is 34.9 Å². The first-order valence-corrected chi connectivity index (χ1v) is 27.1. The van der Waals surface area contributed by atoms with Crippen molar-refractivity contribution in [2.75, 3.05) is 26.2 Å². The van der Waals surface area contributed by atoms with Gasteiger partial charge in [-0.25, -0.2) is 0 Å². The average Bonchev–Trinajstić information content (AvgIpc) is 4.05. The fourth-order valence-corrected chi connectivity index (χ4v) is 12.4. The van der Waals surface area contributed by atoms with Crippen LogP contribution in [-0.2, 0) is 4.79 Å². The Kier molecular flexibility index (Phi) is 16.6. The molecular formula is C57H69N3O4S3. The van der Waals surface area contributed by atoms with Crippen LogP contribution in [0.1, 0.15) is 117 Å². The number of hydrogen-bond donors (Lipinski definition) is 2. The van der Waals surface area contributed by atoms with Crippen LogP contribution in [-0.4, -0.2) is 75.8 Å². The van der Waals surface area contributed by atoms with E-state index in [2.05, 4.69) is 152 Å². The lowest BCUT2D eigenvalue weighted by atomic mass is 9.94. The number of benzene rings is 4. The Labute approximate surface area is 411 Å². The SMILES string of the molecule is CC(C)(C)Oc1ccccc1Sc1ccc2[nH]cc(C3=CCN4CCCC4C3)c2c1.CCC(=O)O.CCC(C)Oc1cccc(Sc2ccc3scc(C4=CCN5CCCCC5CC4)c3c2)c1. The molecule has 6 aromatic rings. The molecule has 4 aliphatic rings. The van der Waals surface area contributed by atoms with E-state index < -0.39 is 5.97 Å². The number of hydrogen-bond acceptors (Lipinski definition) is 8. The van der Waals surface area contributed by atoms with Crippen LogP contribution in [0, 0.1) is 0 Å². The molecule has 0 amide bonds. The summed E-state index contributed by atoms with van der Waals surface area (Å²) in [4.78, 5) is 23.1. The lowest BCUT2D eigenvalue weighted by Crippen LogP contribution is -2.38. The van der Waals surface area contributed by atoms with Crippen LogP contribution in [0.2, 0.25) is 0 Å². The molecule has 4 aromatic carbocycles. The molecule has 2 fully saturated rings. The van der Waals surface area contributed by atoms with Crippen LogP contribution in [0.4, 0.5) is 0 Å². The van der Waals surface area contributed by atoms with Gasteiger partial charge in [0.05, 0.1) is 11.0 Å². The highest BCUT2D eigenvalue weighted by Gasteiger charge is 2.29. The first kappa shape index (κ1) is 49.0. The number of aromatic amines is 1. The molecule has 354 valence electrons. The van der Waals surface area contributed by atoms with E-state index in [0.717, 1.165) is 48.0 Å². The highest BCUT2D eigenvalue weighted by Crippen LogP contribution is 2.42. The van der Waals surface area contributed by atoms with Gasteiger partial charge in [0.15, 0.2) is 0 Å². The van der Waals surface area contributed by atoms with Crippen LogP contribution in [0.15, 0.2) is 128 Å². The van der Waals surface area contributed by atoms with Gasteiger partial charge in [-0.15, -0.1) is 11.3 Å². The van der Waals surface area contributed by atoms with Crippen molar-refractivity contribution in [1.29, 1.82) is 0 Å². The van der Waals surface area contributed by atoms with Gasteiger partial charge < -0.3 is 19.6 Å². The fourth-order valence-electron chi connectivity index (χ4n) is 9.56. The number of allylic oxidation sites excluding steroid dienone is 1. The van der Waals surface area contributed by atoms with Crippen molar-refractivity contribution in [3.8, 4) is 11.5 Å². The molecule has 2 aromatic heterocycles. The van der Waals surface area contributed by atoms with Crippen molar-refractivity contribution in [1.82, 2.24) is 14.8 Å². The quantitative estimate of drug-likeness (QED) is 0.133. The van der Waals surface area contributed by atoms with Gasteiger partial charge in [0.2, 0.25) is 0 Å². The molecule has 3 atom stereocenters. The molecule has 0 aliphatic carbocycles. The third-order valence-corrected chi connectivity index (χ3v) is 16.2. The predicted molar refractivity (Wildman–Crippen MR) is 284 cm³/mol. The number of aliphatic carboxylic acids is 1. The van der Waals surface area contributed by atoms with E-state index in [-0.39, 0.29) is 18.1 Å². The van der Waals surface area contributed by atoms with Crippen molar-refractivity contribution < 1.29 is 19.4 Å². The number of aromatic nitrogens is 1. The number of carboxylic acid groups (broad SMARTS) is 1. The number of carbonyl (C=O) groups is 1. The van der Waals surface area contributed by atoms with Gasteiger partial charge in [-0.05, 0) is 181 Å². The van der Waals surface area contributed by atoms with Gasteiger partial charge in [0.1, 0.15) is 17.1 Å². The summed E-state index contributed by atoms with van der Waals surface area (Å²) in [7, 11) is 0. The minimum absolute atomic E-state index is 0.212. The van der Waals surface area contributed by atoms with Gasteiger partial charge in [-0.2, -0.15) is 0 Å². The van der Waals surface area contributed by atoms with Crippen LogP contribution in [0.3, 0.4) is 0 Å². The third kappa shape index (κ3) is 13.0. The van der Waals surface area contributed by atoms with E-state index in [1.165, 1.54) is 117 Å². The lowest BCUT2D eigenvalue weighted by Gasteiger charge is -2.33. The largest absolute Gasteiger partial charge is 0.491 e. The maximum Gasteiger partial charge on any atom is 0.303 e. The highest BCUT2D eigenvalue weighted by molar-refractivity contribution is 7.99. The van der Waals surface area contributed by atoms with E-state index in [0.29, 0.717) is 0 Å². The zero-order chi connectivity index (χ0) is 46.9. The number of nitrogens with zero attached hydrogens (tertiary/aromatic N) is 2. The molecule has 2 saturated heterocycles. The normalized spacial score (nSPS) is 19.1. The fraction of sp³-hybridized carbons (Fsp3) is 0.421. The summed E-state index contributed by atoms with van der Waals surface area (Å²) in [6.07, 6.45) is 19.2. The van der Waals surface area contributed by atoms with Crippen molar-refractivity contribution >= 4 is 73.0 Å². The molecular weight excluding hydrogens is 887 g/mol. The minimum Gasteiger partial charge on any atom is -0.491 e. The van der Waals surface area contributed by atoms with Gasteiger partial charge >= 0.3 is 5.97 Å². The number of piperidine rings is 1. The minimum atomic E-state index is -0.745. The van der Waals surface area contributed by atoms with E-state index in [4.69, 9.17) is 14.6 Å². The summed E-state index contributed by atoms with van der Waals surface area (Å²) in [6, 6.07) is 32.1. The summed E-state index contributed by atoms with van der Waals surface area (Å²) in [5.74, 6) is 1.16. The number of nitrogens with one attached hydrogen (secondary N) is 1. The van der Waals surface area contributed by atoms with Gasteiger partial charge in [-0.1, -0.05) is 74.1 Å². The summed E-state index contributed by atoms with van der Waals surface area (Å²) >= 11 is 5.49. The monoisotopic (exact) mass is 955 g/mol. The molecule has 0 spiro atoms. The number of rotatable bonds is 11. The first-order valence-electron chi connectivity index (χ1n) is 24.5. The molecule has 67 heavy (non-hydrogen) atoms. The molecule has 10 heteroatoms. The summed E-state index contributed by atoms with van der Waals surface area (Å²) in [6.45, 7) is 16.9. The van der Waals surface area contributed by atoms with Gasteiger partial charge in [-0.3, -0.25) is 14.6 Å². The molecule has 0 radical (unpaired) electrons. The Hall–Kier alpha value is -4.45. The number of carboxylic acids is 1. The van der Waals surface area contributed by atoms with E-state index in [1.807, 2.05) is 29.2 Å². The summed E-state index contributed by atoms with van der Waals surface area (Å²) < 4.78 is 13.6. The van der Waals surface area contributed by atoms with Crippen LogP contribution in [0.5, 0.6) is 11.5 Å². The topological polar surface area (TPSA) is 78.0 Å². The van der Waals surface area contributed by atoms with E-state index in [1.54, 1.807) is 24.3 Å². The number of para-hydroxylation sites is 1. The molecule has 0 bridgehead atoms. The molecule has 0 saturated carbocycles. The Morgan fingerprint density at radius 3 is 2.33 bits per heavy atom. The third-order valence-electron chi connectivity index (χ3n) is 13.2. The maximum atomic E-state index is 9.37. The predicted octanol–water partition coefficient (Wildman–Crippen LogP) is 15.5. The number of H-pyrrole nitrogens is 1.